The van der Waals surface area contributed by atoms with E-state index in [1.807, 2.05) is 0 Å². The van der Waals surface area contributed by atoms with Crippen LogP contribution in [0.25, 0.3) is 0 Å². The van der Waals surface area contributed by atoms with Crippen LogP contribution in [0, 0.1) is 0 Å². The van der Waals surface area contributed by atoms with Crippen molar-refractivity contribution in [3.8, 4) is 0 Å². The molecule has 1 fully saturated rings. The van der Waals surface area contributed by atoms with Gasteiger partial charge in [-0.3, -0.25) is 4.79 Å². The Bertz CT molecular complexity index is 199. The van der Waals surface area contributed by atoms with Crippen molar-refractivity contribution in [2.75, 3.05) is 47.1 Å². The molecule has 1 aliphatic carbocycles. The van der Waals surface area contributed by atoms with Crippen molar-refractivity contribution in [3.63, 3.8) is 0 Å². The minimum atomic E-state index is 0.126. The fourth-order valence-corrected chi connectivity index (χ4v) is 1.40. The summed E-state index contributed by atoms with van der Waals surface area (Å²) in [7, 11) is 3.28. The molecule has 1 rings (SSSR count). The van der Waals surface area contributed by atoms with Crippen molar-refractivity contribution in [1.82, 2.24) is 10.2 Å². The average Bonchev–Trinajstić information content (AvgIpc) is 3.10. The van der Waals surface area contributed by atoms with Crippen molar-refractivity contribution < 1.29 is 14.3 Å². The van der Waals surface area contributed by atoms with Gasteiger partial charge in [-0.05, 0) is 12.8 Å². The first kappa shape index (κ1) is 13.4. The molecule has 0 aromatic rings. The molecule has 16 heavy (non-hydrogen) atoms. The van der Waals surface area contributed by atoms with Gasteiger partial charge in [-0.2, -0.15) is 0 Å². The van der Waals surface area contributed by atoms with Crippen LogP contribution < -0.4 is 5.32 Å². The van der Waals surface area contributed by atoms with Crippen LogP contribution in [0.2, 0.25) is 0 Å². The van der Waals surface area contributed by atoms with E-state index in [1.54, 1.807) is 19.1 Å². The van der Waals surface area contributed by atoms with Crippen LogP contribution in [0.4, 0.5) is 0 Å². The van der Waals surface area contributed by atoms with E-state index in [0.29, 0.717) is 38.9 Å². The number of hydrogen-bond acceptors (Lipinski definition) is 4. The van der Waals surface area contributed by atoms with Gasteiger partial charge in [-0.25, -0.2) is 0 Å². The number of methoxy groups -OCH3 is 2. The highest BCUT2D eigenvalue weighted by Gasteiger charge is 2.22. The second kappa shape index (κ2) is 7.60. The number of nitrogens with one attached hydrogen (secondary N) is 1. The molecule has 0 aliphatic heterocycles. The number of nitrogens with zero attached hydrogens (tertiary/aromatic N) is 1. The molecule has 1 N–H and O–H groups in total. The van der Waals surface area contributed by atoms with Gasteiger partial charge in [0.05, 0.1) is 19.8 Å². The summed E-state index contributed by atoms with van der Waals surface area (Å²) in [6.07, 6.45) is 2.40. The third-order valence-electron chi connectivity index (χ3n) is 2.60. The Kier molecular flexibility index (Phi) is 6.37. The largest absolute Gasteiger partial charge is 0.383 e. The third kappa shape index (κ3) is 5.44. The topological polar surface area (TPSA) is 50.8 Å². The van der Waals surface area contributed by atoms with E-state index in [0.717, 1.165) is 0 Å². The molecule has 5 nitrogen and oxygen atoms in total. The molecule has 1 aliphatic rings. The third-order valence-corrected chi connectivity index (χ3v) is 2.60. The maximum absolute atomic E-state index is 11.8. The van der Waals surface area contributed by atoms with Gasteiger partial charge in [0, 0.05) is 33.4 Å². The molecule has 0 bridgehead atoms. The van der Waals surface area contributed by atoms with Gasteiger partial charge in [0.1, 0.15) is 0 Å². The van der Waals surface area contributed by atoms with E-state index in [2.05, 4.69) is 5.32 Å². The second-order valence-corrected chi connectivity index (χ2v) is 4.02. The first-order valence-electron chi connectivity index (χ1n) is 5.77. The Labute approximate surface area is 97.1 Å². The van der Waals surface area contributed by atoms with Gasteiger partial charge in [-0.1, -0.05) is 0 Å². The summed E-state index contributed by atoms with van der Waals surface area (Å²) < 4.78 is 9.97. The van der Waals surface area contributed by atoms with Crippen molar-refractivity contribution in [2.45, 2.75) is 18.9 Å². The zero-order valence-corrected chi connectivity index (χ0v) is 10.2. The summed E-state index contributed by atoms with van der Waals surface area (Å²) in [4.78, 5) is 13.6. The molecule has 0 spiro atoms. The quantitative estimate of drug-likeness (QED) is 0.599. The van der Waals surface area contributed by atoms with Crippen LogP contribution in [0.15, 0.2) is 0 Å². The smallest absolute Gasteiger partial charge is 0.236 e. The molecule has 94 valence electrons. The van der Waals surface area contributed by atoms with Crippen LogP contribution in [-0.4, -0.2) is 63.9 Å². The maximum Gasteiger partial charge on any atom is 0.236 e. The van der Waals surface area contributed by atoms with Crippen molar-refractivity contribution in [3.05, 3.63) is 0 Å². The average molecular weight is 230 g/mol. The van der Waals surface area contributed by atoms with Gasteiger partial charge < -0.3 is 19.7 Å². The zero-order valence-electron chi connectivity index (χ0n) is 10.2. The molecule has 1 saturated carbocycles. The summed E-state index contributed by atoms with van der Waals surface area (Å²) in [5.74, 6) is 0.126. The first-order valence-corrected chi connectivity index (χ1v) is 5.77. The highest BCUT2D eigenvalue weighted by atomic mass is 16.5. The Morgan fingerprint density at radius 3 is 2.25 bits per heavy atom. The maximum atomic E-state index is 11.8. The lowest BCUT2D eigenvalue weighted by molar-refractivity contribution is -0.131. The van der Waals surface area contributed by atoms with Crippen LogP contribution in [0.3, 0.4) is 0 Å². The van der Waals surface area contributed by atoms with Gasteiger partial charge in [0.25, 0.3) is 0 Å². The molecule has 0 heterocycles. The predicted octanol–water partition coefficient (Wildman–Crippen LogP) is -0.140. The molecule has 0 saturated heterocycles. The zero-order chi connectivity index (χ0) is 11.8. The minimum absolute atomic E-state index is 0.126. The fraction of sp³-hybridized carbons (Fsp3) is 0.909. The molecule has 0 radical (unpaired) electrons. The van der Waals surface area contributed by atoms with Crippen LogP contribution >= 0.6 is 0 Å². The molecular weight excluding hydrogens is 208 g/mol. The van der Waals surface area contributed by atoms with E-state index in [9.17, 15) is 4.79 Å². The predicted molar refractivity (Wildman–Crippen MR) is 61.4 cm³/mol. The van der Waals surface area contributed by atoms with Crippen molar-refractivity contribution in [1.29, 1.82) is 0 Å². The summed E-state index contributed by atoms with van der Waals surface area (Å²) in [5.41, 5.74) is 0. The monoisotopic (exact) mass is 230 g/mol. The lowest BCUT2D eigenvalue weighted by Gasteiger charge is -2.22. The fourth-order valence-electron chi connectivity index (χ4n) is 1.40. The standard InChI is InChI=1S/C11H22N2O3/c1-15-7-5-13(6-8-16-2)11(14)9-12-10-3-4-10/h10,12H,3-9H2,1-2H3. The van der Waals surface area contributed by atoms with E-state index in [4.69, 9.17) is 9.47 Å². The SMILES string of the molecule is COCCN(CCOC)C(=O)CNC1CC1. The van der Waals surface area contributed by atoms with Crippen molar-refractivity contribution in [2.24, 2.45) is 0 Å². The van der Waals surface area contributed by atoms with Gasteiger partial charge in [0.2, 0.25) is 5.91 Å². The molecule has 0 aromatic carbocycles. The molecule has 0 aromatic heterocycles. The minimum Gasteiger partial charge on any atom is -0.383 e. The first-order chi connectivity index (χ1) is 7.77. The van der Waals surface area contributed by atoms with E-state index in [1.165, 1.54) is 12.8 Å². The normalized spacial score (nSPS) is 15.1. The number of rotatable bonds is 9. The van der Waals surface area contributed by atoms with Gasteiger partial charge in [0.15, 0.2) is 0 Å². The number of carbonyl (C=O) groups excluding carboxylic acids is 1. The van der Waals surface area contributed by atoms with E-state index < -0.39 is 0 Å². The number of hydrogen-bond donors (Lipinski definition) is 1. The lowest BCUT2D eigenvalue weighted by Crippen LogP contribution is -2.42. The molecule has 5 heteroatoms. The Hall–Kier alpha value is -0.650. The molecule has 1 amide bonds. The second-order valence-electron chi connectivity index (χ2n) is 4.02. The molecular formula is C11H22N2O3. The summed E-state index contributed by atoms with van der Waals surface area (Å²) in [5, 5.41) is 3.22. The molecule has 0 unspecified atom stereocenters. The van der Waals surface area contributed by atoms with Crippen LogP contribution in [0.5, 0.6) is 0 Å². The van der Waals surface area contributed by atoms with E-state index >= 15 is 0 Å². The number of amides is 1. The summed E-state index contributed by atoms with van der Waals surface area (Å²) in [6, 6.07) is 0.565. The van der Waals surface area contributed by atoms with Crippen molar-refractivity contribution >= 4 is 5.91 Å². The lowest BCUT2D eigenvalue weighted by atomic mass is 10.4. The summed E-state index contributed by atoms with van der Waals surface area (Å²) >= 11 is 0. The van der Waals surface area contributed by atoms with Gasteiger partial charge in [-0.15, -0.1) is 0 Å². The Morgan fingerprint density at radius 2 is 1.81 bits per heavy atom. The summed E-state index contributed by atoms with van der Waals surface area (Å²) in [6.45, 7) is 2.83. The van der Waals surface area contributed by atoms with E-state index in [-0.39, 0.29) is 5.91 Å². The number of ether oxygens (including phenoxy) is 2. The Balaban J connectivity index is 2.22. The van der Waals surface area contributed by atoms with Gasteiger partial charge >= 0.3 is 0 Å². The molecule has 0 atom stereocenters. The van der Waals surface area contributed by atoms with Crippen LogP contribution in [-0.2, 0) is 14.3 Å². The highest BCUT2D eigenvalue weighted by Crippen LogP contribution is 2.18. The number of carbonyl (C=O) groups is 1. The highest BCUT2D eigenvalue weighted by molar-refractivity contribution is 5.78. The Morgan fingerprint density at radius 1 is 1.25 bits per heavy atom. The van der Waals surface area contributed by atoms with Crippen LogP contribution in [0.1, 0.15) is 12.8 Å².